The molecule has 1 saturated carbocycles. The first-order valence-corrected chi connectivity index (χ1v) is 10.7. The van der Waals surface area contributed by atoms with E-state index in [1.54, 1.807) is 10.6 Å². The van der Waals surface area contributed by atoms with Crippen LogP contribution in [-0.4, -0.2) is 26.8 Å². The first-order valence-electron chi connectivity index (χ1n) is 9.86. The molecule has 0 aliphatic heterocycles. The summed E-state index contributed by atoms with van der Waals surface area (Å²) in [5.41, 5.74) is 0.627. The quantitative estimate of drug-likeness (QED) is 0.618. The lowest BCUT2D eigenvalue weighted by Crippen LogP contribution is -2.44. The molecule has 0 saturated heterocycles. The summed E-state index contributed by atoms with van der Waals surface area (Å²) < 4.78 is 1.69. The average Bonchev–Trinajstić information content (AvgIpc) is 2.63. The highest BCUT2D eigenvalue weighted by molar-refractivity contribution is 8.00. The van der Waals surface area contributed by atoms with E-state index in [-0.39, 0.29) is 28.8 Å². The SMILES string of the molecule is CC(C)n1c(S[C@H](C)C(=O)N[C@@H]2CCCC[C@@H]2C)nc2ccccc2c1=O. The van der Waals surface area contributed by atoms with Gasteiger partial charge in [0.1, 0.15) is 0 Å². The molecule has 1 aromatic heterocycles. The van der Waals surface area contributed by atoms with E-state index >= 15 is 0 Å². The van der Waals surface area contributed by atoms with E-state index in [9.17, 15) is 9.59 Å². The standard InChI is InChI=1S/C21H29N3O2S/c1-13(2)24-20(26)16-10-6-8-12-18(16)23-21(24)27-15(4)19(25)22-17-11-7-5-9-14(17)3/h6,8,10,12-15,17H,5,7,9,11H2,1-4H3,(H,22,25)/t14-,15+,17+/m0/s1. The second-order valence-corrected chi connectivity index (χ2v) is 9.13. The van der Waals surface area contributed by atoms with E-state index in [2.05, 4.69) is 17.2 Å². The second-order valence-electron chi connectivity index (χ2n) is 7.82. The molecule has 0 spiro atoms. The Morgan fingerprint density at radius 1 is 1.22 bits per heavy atom. The van der Waals surface area contributed by atoms with Crippen molar-refractivity contribution in [3.05, 3.63) is 34.6 Å². The predicted molar refractivity (Wildman–Crippen MR) is 111 cm³/mol. The number of hydrogen-bond acceptors (Lipinski definition) is 4. The van der Waals surface area contributed by atoms with Gasteiger partial charge in [-0.05, 0) is 51.7 Å². The maximum atomic E-state index is 12.9. The smallest absolute Gasteiger partial charge is 0.262 e. The highest BCUT2D eigenvalue weighted by Crippen LogP contribution is 2.27. The number of carbonyl (C=O) groups is 1. The van der Waals surface area contributed by atoms with Crippen LogP contribution in [0.1, 0.15) is 59.4 Å². The molecule has 0 radical (unpaired) electrons. The van der Waals surface area contributed by atoms with Crippen molar-refractivity contribution in [3.63, 3.8) is 0 Å². The zero-order chi connectivity index (χ0) is 19.6. The second kappa shape index (κ2) is 8.46. The Labute approximate surface area is 164 Å². The van der Waals surface area contributed by atoms with Gasteiger partial charge in [-0.1, -0.05) is 43.7 Å². The number of rotatable bonds is 5. The van der Waals surface area contributed by atoms with E-state index < -0.39 is 0 Å². The summed E-state index contributed by atoms with van der Waals surface area (Å²) in [6.07, 6.45) is 4.65. The fraction of sp³-hybridized carbons (Fsp3) is 0.571. The molecule has 3 rings (SSSR count). The lowest BCUT2D eigenvalue weighted by molar-refractivity contribution is -0.121. The van der Waals surface area contributed by atoms with Crippen LogP contribution in [0.2, 0.25) is 0 Å². The molecule has 1 aliphatic rings. The van der Waals surface area contributed by atoms with Crippen LogP contribution in [0.25, 0.3) is 10.9 Å². The molecule has 146 valence electrons. The van der Waals surface area contributed by atoms with Crippen molar-refractivity contribution in [2.24, 2.45) is 5.92 Å². The van der Waals surface area contributed by atoms with Crippen molar-refractivity contribution in [2.75, 3.05) is 0 Å². The Hall–Kier alpha value is -1.82. The minimum Gasteiger partial charge on any atom is -0.352 e. The van der Waals surface area contributed by atoms with Crippen LogP contribution in [-0.2, 0) is 4.79 Å². The largest absolute Gasteiger partial charge is 0.352 e. The van der Waals surface area contributed by atoms with Crippen molar-refractivity contribution in [1.82, 2.24) is 14.9 Å². The van der Waals surface area contributed by atoms with Crippen LogP contribution >= 0.6 is 11.8 Å². The number of aromatic nitrogens is 2. The highest BCUT2D eigenvalue weighted by Gasteiger charge is 2.26. The van der Waals surface area contributed by atoms with Gasteiger partial charge < -0.3 is 5.32 Å². The molecule has 1 N–H and O–H groups in total. The minimum absolute atomic E-state index is 0.0225. The molecular weight excluding hydrogens is 358 g/mol. The van der Waals surface area contributed by atoms with Gasteiger partial charge in [0.2, 0.25) is 5.91 Å². The zero-order valence-corrected chi connectivity index (χ0v) is 17.4. The van der Waals surface area contributed by atoms with E-state index in [0.717, 1.165) is 6.42 Å². The van der Waals surface area contributed by atoms with Crippen LogP contribution in [0.3, 0.4) is 0 Å². The third kappa shape index (κ3) is 4.37. The molecule has 0 unspecified atom stereocenters. The number of nitrogens with zero attached hydrogens (tertiary/aromatic N) is 2. The van der Waals surface area contributed by atoms with Gasteiger partial charge in [-0.25, -0.2) is 4.98 Å². The molecule has 3 atom stereocenters. The average molecular weight is 388 g/mol. The van der Waals surface area contributed by atoms with Gasteiger partial charge in [0.25, 0.3) is 5.56 Å². The Morgan fingerprint density at radius 2 is 1.93 bits per heavy atom. The molecule has 1 heterocycles. The Morgan fingerprint density at radius 3 is 2.63 bits per heavy atom. The third-order valence-electron chi connectivity index (χ3n) is 5.38. The Kier molecular flexibility index (Phi) is 6.25. The first-order chi connectivity index (χ1) is 12.9. The summed E-state index contributed by atoms with van der Waals surface area (Å²) in [4.78, 5) is 30.3. The summed E-state index contributed by atoms with van der Waals surface area (Å²) in [6, 6.07) is 7.61. The van der Waals surface area contributed by atoms with E-state index in [1.165, 1.54) is 31.0 Å². The first kappa shape index (κ1) is 19.9. The zero-order valence-electron chi connectivity index (χ0n) is 16.6. The molecular formula is C21H29N3O2S. The number of fused-ring (bicyclic) bond motifs is 1. The molecule has 5 nitrogen and oxygen atoms in total. The number of para-hydroxylation sites is 1. The fourth-order valence-corrected chi connectivity index (χ4v) is 4.76. The number of hydrogen-bond donors (Lipinski definition) is 1. The molecule has 1 aliphatic carbocycles. The fourth-order valence-electron chi connectivity index (χ4n) is 3.71. The Balaban J connectivity index is 1.83. The van der Waals surface area contributed by atoms with Crippen LogP contribution in [0.15, 0.2) is 34.2 Å². The van der Waals surface area contributed by atoms with Crippen molar-refractivity contribution in [1.29, 1.82) is 0 Å². The summed E-state index contributed by atoms with van der Waals surface area (Å²) in [6.45, 7) is 8.04. The number of amides is 1. The summed E-state index contributed by atoms with van der Waals surface area (Å²) in [5, 5.41) is 4.13. The lowest BCUT2D eigenvalue weighted by Gasteiger charge is -2.30. The van der Waals surface area contributed by atoms with E-state index in [0.29, 0.717) is 22.0 Å². The molecule has 1 amide bonds. The lowest BCUT2D eigenvalue weighted by atomic mass is 9.86. The van der Waals surface area contributed by atoms with Crippen LogP contribution in [0, 0.1) is 5.92 Å². The van der Waals surface area contributed by atoms with Gasteiger partial charge in [-0.3, -0.25) is 14.2 Å². The summed E-state index contributed by atoms with van der Waals surface area (Å²) >= 11 is 1.37. The summed E-state index contributed by atoms with van der Waals surface area (Å²) in [7, 11) is 0. The number of carbonyl (C=O) groups excluding carboxylic acids is 1. The van der Waals surface area contributed by atoms with Crippen molar-refractivity contribution in [3.8, 4) is 0 Å². The van der Waals surface area contributed by atoms with Gasteiger partial charge >= 0.3 is 0 Å². The van der Waals surface area contributed by atoms with Gasteiger partial charge in [0, 0.05) is 12.1 Å². The molecule has 1 fully saturated rings. The van der Waals surface area contributed by atoms with Crippen LogP contribution in [0.4, 0.5) is 0 Å². The monoisotopic (exact) mass is 387 g/mol. The molecule has 2 aromatic rings. The Bertz CT molecular complexity index is 877. The summed E-state index contributed by atoms with van der Waals surface area (Å²) in [5.74, 6) is 0.545. The maximum Gasteiger partial charge on any atom is 0.262 e. The molecule has 1 aromatic carbocycles. The van der Waals surface area contributed by atoms with Gasteiger partial charge in [-0.2, -0.15) is 0 Å². The van der Waals surface area contributed by atoms with Crippen molar-refractivity contribution >= 4 is 28.6 Å². The molecule has 6 heteroatoms. The normalized spacial score (nSPS) is 21.4. The van der Waals surface area contributed by atoms with Crippen molar-refractivity contribution in [2.45, 2.75) is 75.9 Å². The number of nitrogens with one attached hydrogen (secondary N) is 1. The molecule has 27 heavy (non-hydrogen) atoms. The topological polar surface area (TPSA) is 64.0 Å². The third-order valence-corrected chi connectivity index (χ3v) is 6.45. The van der Waals surface area contributed by atoms with E-state index in [1.807, 2.05) is 39.0 Å². The number of benzene rings is 1. The van der Waals surface area contributed by atoms with Crippen LogP contribution in [0.5, 0.6) is 0 Å². The molecule has 0 bridgehead atoms. The minimum atomic E-state index is -0.308. The highest BCUT2D eigenvalue weighted by atomic mass is 32.2. The number of thioether (sulfide) groups is 1. The predicted octanol–water partition coefficient (Wildman–Crippen LogP) is 4.15. The van der Waals surface area contributed by atoms with Gasteiger partial charge in [0.05, 0.1) is 16.2 Å². The van der Waals surface area contributed by atoms with Crippen molar-refractivity contribution < 1.29 is 4.79 Å². The van der Waals surface area contributed by atoms with E-state index in [4.69, 9.17) is 0 Å². The van der Waals surface area contributed by atoms with Gasteiger partial charge in [-0.15, -0.1) is 0 Å². The van der Waals surface area contributed by atoms with Gasteiger partial charge in [0.15, 0.2) is 5.16 Å². The maximum absolute atomic E-state index is 12.9. The van der Waals surface area contributed by atoms with Crippen LogP contribution < -0.4 is 10.9 Å².